The highest BCUT2D eigenvalue weighted by Crippen LogP contribution is 2.51. The Kier molecular flexibility index (Phi) is 9.82. The molecule has 15 aromatic rings. The van der Waals surface area contributed by atoms with E-state index in [0.717, 1.165) is 143 Å². The lowest BCUT2D eigenvalue weighted by Crippen LogP contribution is -2.20. The van der Waals surface area contributed by atoms with Crippen LogP contribution in [0.5, 0.6) is 0 Å². The number of para-hydroxylation sites is 4. The van der Waals surface area contributed by atoms with Crippen molar-refractivity contribution in [3.05, 3.63) is 216 Å². The Balaban J connectivity index is 0.862. The van der Waals surface area contributed by atoms with Gasteiger partial charge in [-0.15, -0.1) is 0 Å². The molecule has 15 rings (SSSR count). The SMILES string of the molecule is Cc1ccccc1N(c1ccc2cc3c(cc2c1)oc1cc2oc4cc5cc(N(c6ccccc6C)c6c(C(C)(C)C)ccc7c6oc6ccccc67)ccc5cc4c2cc13)c1c(C(C)(C)C)ccc2c1oc1ccccc12. The Morgan fingerprint density at radius 3 is 1.13 bits per heavy atom. The number of anilines is 6. The Hall–Kier alpha value is -9.26. The standard InChI is InChI=1S/C72H56N2O4/c1-41-17-9-13-21-59(41)73(67-57(71(3,4)5)31-29-51-49-19-11-15-23-61(49)77-69(51)67)47-27-25-43-35-53-55-39-56-54-36-44-26-28-48(34-46(44)38-64(54)76-66(56)40-65(55)75-63(53)37-45(43)33-47)74(60-22-14-10-18-42(60)2)68-58(72(6,7)8)32-30-52-50-20-12-16-24-62(50)78-70(52)68/h9-40H,1-8H3. The van der Waals surface area contributed by atoms with Crippen LogP contribution in [0.4, 0.5) is 34.1 Å². The lowest BCUT2D eigenvalue weighted by atomic mass is 9.84. The fourth-order valence-electron chi connectivity index (χ4n) is 12.4. The summed E-state index contributed by atoms with van der Waals surface area (Å²) in [7, 11) is 0. The number of furan rings is 4. The van der Waals surface area contributed by atoms with Gasteiger partial charge in [-0.3, -0.25) is 0 Å². The quantitative estimate of drug-likeness (QED) is 0.165. The van der Waals surface area contributed by atoms with Crippen LogP contribution in [-0.4, -0.2) is 0 Å². The van der Waals surface area contributed by atoms with Gasteiger partial charge in [0.15, 0.2) is 11.2 Å². The molecule has 4 heterocycles. The Morgan fingerprint density at radius 2 is 0.692 bits per heavy atom. The predicted molar refractivity (Wildman–Crippen MR) is 327 cm³/mol. The van der Waals surface area contributed by atoms with Gasteiger partial charge in [-0.1, -0.05) is 151 Å². The summed E-state index contributed by atoms with van der Waals surface area (Å²) >= 11 is 0. The average molecular weight is 1010 g/mol. The molecule has 11 aromatic carbocycles. The van der Waals surface area contributed by atoms with Gasteiger partial charge in [-0.2, -0.15) is 0 Å². The van der Waals surface area contributed by atoms with Crippen molar-refractivity contribution in [3.8, 4) is 0 Å². The molecule has 78 heavy (non-hydrogen) atoms. The van der Waals surface area contributed by atoms with Crippen LogP contribution < -0.4 is 9.80 Å². The van der Waals surface area contributed by atoms with Crippen molar-refractivity contribution in [2.45, 2.75) is 66.2 Å². The molecule has 6 heteroatoms. The molecule has 0 radical (unpaired) electrons. The summed E-state index contributed by atoms with van der Waals surface area (Å²) < 4.78 is 27.3. The molecule has 0 saturated heterocycles. The smallest absolute Gasteiger partial charge is 0.159 e. The third-order valence-corrected chi connectivity index (χ3v) is 16.3. The van der Waals surface area contributed by atoms with Crippen LogP contribution >= 0.6 is 0 Å². The van der Waals surface area contributed by atoms with Gasteiger partial charge in [0.25, 0.3) is 0 Å². The molecule has 0 fully saturated rings. The monoisotopic (exact) mass is 1010 g/mol. The highest BCUT2D eigenvalue weighted by atomic mass is 16.3. The van der Waals surface area contributed by atoms with Gasteiger partial charge >= 0.3 is 0 Å². The second-order valence-corrected chi connectivity index (χ2v) is 23.4. The Labute approximate surface area is 451 Å². The summed E-state index contributed by atoms with van der Waals surface area (Å²) in [6.07, 6.45) is 0. The first-order valence-electron chi connectivity index (χ1n) is 27.0. The maximum atomic E-state index is 6.85. The molecule has 0 atom stereocenters. The topological polar surface area (TPSA) is 59.0 Å². The Bertz CT molecular complexity index is 4680. The molecule has 0 aliphatic rings. The van der Waals surface area contributed by atoms with Crippen LogP contribution in [-0.2, 0) is 10.8 Å². The number of nitrogens with zero attached hydrogens (tertiary/aromatic N) is 2. The molecule has 378 valence electrons. The molecule has 4 aromatic heterocycles. The second kappa shape index (κ2) is 16.6. The maximum absolute atomic E-state index is 6.85. The molecule has 6 nitrogen and oxygen atoms in total. The van der Waals surface area contributed by atoms with E-state index >= 15 is 0 Å². The summed E-state index contributed by atoms with van der Waals surface area (Å²) in [4.78, 5) is 4.80. The molecule has 0 amide bonds. The van der Waals surface area contributed by atoms with E-state index in [4.69, 9.17) is 17.7 Å². The predicted octanol–water partition coefficient (Wildman–Crippen LogP) is 21.7. The normalized spacial score (nSPS) is 12.6. The Morgan fingerprint density at radius 1 is 0.295 bits per heavy atom. The van der Waals surface area contributed by atoms with E-state index in [2.05, 4.69) is 247 Å². The maximum Gasteiger partial charge on any atom is 0.159 e. The molecule has 0 unspecified atom stereocenters. The van der Waals surface area contributed by atoms with Crippen LogP contribution in [0.15, 0.2) is 212 Å². The van der Waals surface area contributed by atoms with Gasteiger partial charge in [0.1, 0.15) is 33.5 Å². The van der Waals surface area contributed by atoms with Gasteiger partial charge in [0, 0.05) is 71.9 Å². The van der Waals surface area contributed by atoms with E-state index in [1.807, 2.05) is 12.1 Å². The molecule has 0 aliphatic carbocycles. The highest BCUT2D eigenvalue weighted by Gasteiger charge is 2.31. The summed E-state index contributed by atoms with van der Waals surface area (Å²) in [5.74, 6) is 0. The lowest BCUT2D eigenvalue weighted by Gasteiger charge is -2.33. The van der Waals surface area contributed by atoms with Gasteiger partial charge in [-0.25, -0.2) is 0 Å². The average Bonchev–Trinajstić information content (AvgIpc) is 4.26. The number of fused-ring (bicyclic) bond motifs is 14. The molecular formula is C72H56N2O4. The molecule has 0 spiro atoms. The van der Waals surface area contributed by atoms with Crippen molar-refractivity contribution in [1.29, 1.82) is 0 Å². The van der Waals surface area contributed by atoms with E-state index in [9.17, 15) is 0 Å². The first-order chi connectivity index (χ1) is 37.7. The number of rotatable bonds is 6. The first-order valence-corrected chi connectivity index (χ1v) is 27.0. The lowest BCUT2D eigenvalue weighted by molar-refractivity contribution is 0.588. The zero-order valence-electron chi connectivity index (χ0n) is 45.0. The molecule has 0 saturated carbocycles. The largest absolute Gasteiger partial charge is 0.456 e. The van der Waals surface area contributed by atoms with Crippen molar-refractivity contribution < 1.29 is 17.7 Å². The van der Waals surface area contributed by atoms with Crippen molar-refractivity contribution >= 4 is 143 Å². The van der Waals surface area contributed by atoms with Crippen molar-refractivity contribution in [2.75, 3.05) is 9.80 Å². The van der Waals surface area contributed by atoms with Crippen LogP contribution in [0.1, 0.15) is 63.8 Å². The van der Waals surface area contributed by atoms with Gasteiger partial charge in [0.2, 0.25) is 0 Å². The minimum absolute atomic E-state index is 0.185. The van der Waals surface area contributed by atoms with E-state index in [-0.39, 0.29) is 10.8 Å². The number of hydrogen-bond acceptors (Lipinski definition) is 6. The summed E-state index contributed by atoms with van der Waals surface area (Å²) in [6, 6.07) is 69.8. The summed E-state index contributed by atoms with van der Waals surface area (Å²) in [5, 5.41) is 13.1. The van der Waals surface area contributed by atoms with Crippen LogP contribution in [0.3, 0.4) is 0 Å². The zero-order valence-corrected chi connectivity index (χ0v) is 45.0. The fraction of sp³-hybridized carbons (Fsp3) is 0.139. The van der Waals surface area contributed by atoms with Crippen molar-refractivity contribution in [1.82, 2.24) is 0 Å². The first kappa shape index (κ1) is 46.1. The highest BCUT2D eigenvalue weighted by molar-refractivity contribution is 6.19. The van der Waals surface area contributed by atoms with Gasteiger partial charge < -0.3 is 27.5 Å². The van der Waals surface area contributed by atoms with Crippen LogP contribution in [0.25, 0.3) is 109 Å². The van der Waals surface area contributed by atoms with Crippen molar-refractivity contribution in [2.24, 2.45) is 0 Å². The fourth-order valence-corrected chi connectivity index (χ4v) is 12.4. The van der Waals surface area contributed by atoms with Crippen LogP contribution in [0, 0.1) is 13.8 Å². The van der Waals surface area contributed by atoms with E-state index in [0.29, 0.717) is 0 Å². The van der Waals surface area contributed by atoms with Crippen LogP contribution in [0.2, 0.25) is 0 Å². The van der Waals surface area contributed by atoms with Gasteiger partial charge in [0.05, 0.1) is 11.4 Å². The summed E-state index contributed by atoms with van der Waals surface area (Å²) in [5.41, 5.74) is 17.5. The summed E-state index contributed by atoms with van der Waals surface area (Å²) in [6.45, 7) is 18.0. The van der Waals surface area contributed by atoms with Crippen molar-refractivity contribution in [3.63, 3.8) is 0 Å². The van der Waals surface area contributed by atoms with Gasteiger partial charge in [-0.05, 0) is 147 Å². The second-order valence-electron chi connectivity index (χ2n) is 23.4. The molecule has 0 aliphatic heterocycles. The minimum Gasteiger partial charge on any atom is -0.456 e. The van der Waals surface area contributed by atoms with E-state index < -0.39 is 0 Å². The number of benzene rings is 11. The van der Waals surface area contributed by atoms with E-state index in [1.165, 1.54) is 22.3 Å². The third-order valence-electron chi connectivity index (χ3n) is 16.3. The minimum atomic E-state index is -0.185. The zero-order chi connectivity index (χ0) is 52.9. The number of hydrogen-bond donors (Lipinski definition) is 0. The molecule has 0 bridgehead atoms. The molecule has 0 N–H and O–H groups in total. The third kappa shape index (κ3) is 7.02. The number of aryl methyl sites for hydroxylation is 2. The molecular weight excluding hydrogens is 957 g/mol. The van der Waals surface area contributed by atoms with E-state index in [1.54, 1.807) is 0 Å².